The highest BCUT2D eigenvalue weighted by Gasteiger charge is 2.25. The number of nitrogens with zero attached hydrogens (tertiary/aromatic N) is 2. The van der Waals surface area contributed by atoms with E-state index >= 15 is 0 Å². The number of rotatable bonds is 9. The van der Waals surface area contributed by atoms with Gasteiger partial charge in [0.05, 0.1) is 28.8 Å². The van der Waals surface area contributed by atoms with Crippen molar-refractivity contribution in [1.29, 1.82) is 5.26 Å². The Labute approximate surface area is 246 Å². The van der Waals surface area contributed by atoms with E-state index in [0.29, 0.717) is 35.8 Å². The van der Waals surface area contributed by atoms with Gasteiger partial charge in [0.15, 0.2) is 11.5 Å². The molecule has 0 radical (unpaired) electrons. The molecular weight excluding hydrogens is 586 g/mol. The van der Waals surface area contributed by atoms with Crippen LogP contribution in [0.1, 0.15) is 55.9 Å². The van der Waals surface area contributed by atoms with Crippen LogP contribution in [0, 0.1) is 11.3 Å². The predicted molar refractivity (Wildman–Crippen MR) is 162 cm³/mol. The second-order valence-corrected chi connectivity index (χ2v) is 11.4. The molecule has 202 valence electrons. The molecule has 1 aromatic heterocycles. The van der Waals surface area contributed by atoms with Gasteiger partial charge in [0.2, 0.25) is 0 Å². The van der Waals surface area contributed by atoms with Gasteiger partial charge in [-0.3, -0.25) is 4.79 Å². The molecule has 8 heteroatoms. The molecule has 4 aromatic rings. The Balaban J connectivity index is 1.36. The maximum atomic E-state index is 13.4. The molecule has 3 aromatic carbocycles. The molecule has 0 saturated heterocycles. The number of ether oxygens (including phenoxy) is 2. The van der Waals surface area contributed by atoms with Crippen molar-refractivity contribution in [2.45, 2.75) is 38.8 Å². The average molecular weight is 615 g/mol. The second-order valence-electron chi connectivity index (χ2n) is 9.45. The SMILES string of the molecule is COc1cc(C=Nc2sc3c(c2C(=O)NCc2ccccc2)CCCC3)cc(Br)c1OCc1ccc(C#N)cc1. The number of amides is 1. The molecule has 40 heavy (non-hydrogen) atoms. The van der Waals surface area contributed by atoms with Crippen LogP contribution < -0.4 is 14.8 Å². The molecule has 5 rings (SSSR count). The van der Waals surface area contributed by atoms with Crippen molar-refractivity contribution in [1.82, 2.24) is 5.32 Å². The lowest BCUT2D eigenvalue weighted by molar-refractivity contribution is 0.0951. The maximum absolute atomic E-state index is 13.4. The lowest BCUT2D eigenvalue weighted by Gasteiger charge is -2.14. The van der Waals surface area contributed by atoms with E-state index in [4.69, 9.17) is 19.7 Å². The van der Waals surface area contributed by atoms with Crippen molar-refractivity contribution < 1.29 is 14.3 Å². The van der Waals surface area contributed by atoms with Crippen molar-refractivity contribution in [3.63, 3.8) is 0 Å². The van der Waals surface area contributed by atoms with Crippen LogP contribution in [0.4, 0.5) is 5.00 Å². The van der Waals surface area contributed by atoms with Crippen molar-refractivity contribution in [2.24, 2.45) is 4.99 Å². The number of methoxy groups -OCH3 is 1. The molecule has 6 nitrogen and oxygen atoms in total. The molecule has 0 saturated carbocycles. The molecule has 0 fully saturated rings. The molecule has 1 aliphatic rings. The Bertz CT molecular complexity index is 1570. The first-order chi connectivity index (χ1) is 19.6. The Morgan fingerprint density at radius 1 is 1.10 bits per heavy atom. The predicted octanol–water partition coefficient (Wildman–Crippen LogP) is 7.53. The van der Waals surface area contributed by atoms with Gasteiger partial charge in [-0.2, -0.15) is 5.26 Å². The number of nitriles is 1. The number of aryl methyl sites for hydroxylation is 1. The summed E-state index contributed by atoms with van der Waals surface area (Å²) >= 11 is 5.23. The van der Waals surface area contributed by atoms with Crippen LogP contribution in [-0.2, 0) is 26.0 Å². The minimum atomic E-state index is -0.0827. The number of nitrogens with one attached hydrogen (secondary N) is 1. The summed E-state index contributed by atoms with van der Waals surface area (Å²) in [7, 11) is 1.60. The Kier molecular flexibility index (Phi) is 8.94. The van der Waals surface area contributed by atoms with E-state index in [1.54, 1.807) is 36.8 Å². The normalized spacial score (nSPS) is 12.5. The number of hydrogen-bond donors (Lipinski definition) is 1. The van der Waals surface area contributed by atoms with Crippen LogP contribution in [0.5, 0.6) is 11.5 Å². The van der Waals surface area contributed by atoms with Gasteiger partial charge in [0.25, 0.3) is 5.91 Å². The highest BCUT2D eigenvalue weighted by atomic mass is 79.9. The van der Waals surface area contributed by atoms with Crippen molar-refractivity contribution in [2.75, 3.05) is 7.11 Å². The zero-order chi connectivity index (χ0) is 27.9. The molecule has 0 unspecified atom stereocenters. The Morgan fingerprint density at radius 2 is 1.88 bits per heavy atom. The molecular formula is C32H28BrN3O3S. The van der Waals surface area contributed by atoms with E-state index in [9.17, 15) is 4.79 Å². The number of aliphatic imine (C=N–C) groups is 1. The van der Waals surface area contributed by atoms with Crippen LogP contribution in [0.25, 0.3) is 0 Å². The number of halogens is 1. The van der Waals surface area contributed by atoms with Crippen LogP contribution >= 0.6 is 27.3 Å². The maximum Gasteiger partial charge on any atom is 0.254 e. The molecule has 1 aliphatic carbocycles. The highest BCUT2D eigenvalue weighted by molar-refractivity contribution is 9.10. The van der Waals surface area contributed by atoms with E-state index in [0.717, 1.165) is 57.4 Å². The zero-order valence-electron chi connectivity index (χ0n) is 22.1. The monoisotopic (exact) mass is 613 g/mol. The van der Waals surface area contributed by atoms with Crippen molar-refractivity contribution >= 4 is 44.4 Å². The standard InChI is InChI=1S/C32H28BrN3O3S/c1-38-27-16-24(15-26(33)30(27)39-20-23-13-11-21(17-34)12-14-23)19-36-32-29(25-9-5-6-10-28(25)40-32)31(37)35-18-22-7-3-2-4-8-22/h2-4,7-8,11-16,19H,5-6,9-10,18,20H2,1H3,(H,35,37). The van der Waals surface area contributed by atoms with Gasteiger partial charge in [-0.05, 0) is 88.1 Å². The first kappa shape index (κ1) is 27.6. The van der Waals surface area contributed by atoms with Gasteiger partial charge >= 0.3 is 0 Å². The summed E-state index contributed by atoms with van der Waals surface area (Å²) in [6.07, 6.45) is 5.87. The number of benzene rings is 3. The summed E-state index contributed by atoms with van der Waals surface area (Å²) in [5, 5.41) is 12.8. The number of thiophene rings is 1. The lowest BCUT2D eigenvalue weighted by atomic mass is 9.95. The van der Waals surface area contributed by atoms with Crippen molar-refractivity contribution in [3.05, 3.63) is 109 Å². The van der Waals surface area contributed by atoms with Crippen LogP contribution in [0.3, 0.4) is 0 Å². The van der Waals surface area contributed by atoms with Gasteiger partial charge in [-0.1, -0.05) is 42.5 Å². The first-order valence-electron chi connectivity index (χ1n) is 13.1. The van der Waals surface area contributed by atoms with Gasteiger partial charge in [0.1, 0.15) is 11.6 Å². The number of hydrogen-bond acceptors (Lipinski definition) is 6. The van der Waals surface area contributed by atoms with Gasteiger partial charge < -0.3 is 14.8 Å². The van der Waals surface area contributed by atoms with Gasteiger partial charge in [-0.15, -0.1) is 11.3 Å². The number of fused-ring (bicyclic) bond motifs is 1. The first-order valence-corrected chi connectivity index (χ1v) is 14.7. The largest absolute Gasteiger partial charge is 0.493 e. The Morgan fingerprint density at radius 3 is 2.62 bits per heavy atom. The molecule has 1 heterocycles. The summed E-state index contributed by atoms with van der Waals surface area (Å²) in [6, 6.07) is 23.1. The fraction of sp³-hybridized carbons (Fsp3) is 0.219. The van der Waals surface area contributed by atoms with Gasteiger partial charge in [-0.25, -0.2) is 4.99 Å². The quantitative estimate of drug-likeness (QED) is 0.198. The molecule has 0 atom stereocenters. The number of carbonyl (C=O) groups is 1. The third-order valence-electron chi connectivity index (χ3n) is 6.72. The molecule has 0 bridgehead atoms. The number of carbonyl (C=O) groups excluding carboxylic acids is 1. The van der Waals surface area contributed by atoms with Crippen LogP contribution in [0.2, 0.25) is 0 Å². The lowest BCUT2D eigenvalue weighted by Crippen LogP contribution is -2.24. The van der Waals surface area contributed by atoms with Crippen molar-refractivity contribution in [3.8, 4) is 17.6 Å². The fourth-order valence-corrected chi connectivity index (χ4v) is 6.47. The minimum absolute atomic E-state index is 0.0827. The van der Waals surface area contributed by atoms with E-state index < -0.39 is 0 Å². The van der Waals surface area contributed by atoms with E-state index in [-0.39, 0.29) is 5.91 Å². The molecule has 0 spiro atoms. The van der Waals surface area contributed by atoms with E-state index in [1.165, 1.54) is 4.88 Å². The minimum Gasteiger partial charge on any atom is -0.493 e. The average Bonchev–Trinajstić information content (AvgIpc) is 3.37. The summed E-state index contributed by atoms with van der Waals surface area (Å²) in [5.41, 5.74) is 5.26. The fourth-order valence-electron chi connectivity index (χ4n) is 4.66. The van der Waals surface area contributed by atoms with E-state index in [1.807, 2.05) is 54.6 Å². The zero-order valence-corrected chi connectivity index (χ0v) is 24.5. The molecule has 0 aliphatic heterocycles. The molecule has 1 amide bonds. The smallest absolute Gasteiger partial charge is 0.254 e. The van der Waals surface area contributed by atoms with E-state index in [2.05, 4.69) is 27.3 Å². The molecule has 1 N–H and O–H groups in total. The summed E-state index contributed by atoms with van der Waals surface area (Å²) in [6.45, 7) is 0.803. The van der Waals surface area contributed by atoms with Crippen LogP contribution in [0.15, 0.2) is 76.2 Å². The topological polar surface area (TPSA) is 83.7 Å². The summed E-state index contributed by atoms with van der Waals surface area (Å²) in [4.78, 5) is 19.4. The third kappa shape index (κ3) is 6.44. The third-order valence-corrected chi connectivity index (χ3v) is 8.51. The Hall–Kier alpha value is -3.93. The highest BCUT2D eigenvalue weighted by Crippen LogP contribution is 2.41. The summed E-state index contributed by atoms with van der Waals surface area (Å²) in [5.74, 6) is 1.06. The van der Waals surface area contributed by atoms with Crippen LogP contribution in [-0.4, -0.2) is 19.2 Å². The summed E-state index contributed by atoms with van der Waals surface area (Å²) < 4.78 is 12.4. The van der Waals surface area contributed by atoms with Gasteiger partial charge in [0, 0.05) is 17.6 Å². The second kappa shape index (κ2) is 12.9.